The van der Waals surface area contributed by atoms with Crippen molar-refractivity contribution < 1.29 is 4.79 Å². The second kappa shape index (κ2) is 6.21. The number of aromatic amines is 1. The third-order valence-corrected chi connectivity index (χ3v) is 7.66. The molecule has 2 aromatic carbocycles. The number of hydrogen-bond acceptors (Lipinski definition) is 4. The van der Waals surface area contributed by atoms with Crippen LogP contribution >= 0.6 is 0 Å². The van der Waals surface area contributed by atoms with Crippen molar-refractivity contribution in [2.24, 2.45) is 0 Å². The summed E-state index contributed by atoms with van der Waals surface area (Å²) in [5.41, 5.74) is 7.31. The van der Waals surface area contributed by atoms with Crippen molar-refractivity contribution in [1.82, 2.24) is 10.3 Å². The lowest BCUT2D eigenvalue weighted by Crippen LogP contribution is -2.44. The largest absolute Gasteiger partial charge is 0.365 e. The van der Waals surface area contributed by atoms with Gasteiger partial charge in [-0.1, -0.05) is 26.8 Å². The maximum absolute atomic E-state index is 13.7. The SMILES string of the molecule is CCc1cc2c(cc1N1CC3CC1CN3)C(C)(C)c1[nH]c3cc(C#N)ccc3c1C2=O. The standard InChI is InChI=1S/C26H26N4O/c1-4-15-8-19-20(10-22(15)30-13-16-9-17(30)12-28-16)26(2,3)25-23(24(19)31)18-6-5-14(11-27)7-21(18)29-25/h5-8,10,16-17,28-29H,4,9,12-13H2,1-3H3. The van der Waals surface area contributed by atoms with Crippen molar-refractivity contribution in [1.29, 1.82) is 5.26 Å². The van der Waals surface area contributed by atoms with Crippen LogP contribution in [0.3, 0.4) is 0 Å². The zero-order valence-electron chi connectivity index (χ0n) is 18.2. The molecular weight excluding hydrogens is 384 g/mol. The van der Waals surface area contributed by atoms with E-state index in [1.165, 1.54) is 17.7 Å². The summed E-state index contributed by atoms with van der Waals surface area (Å²) in [4.78, 5) is 19.8. The average Bonchev–Trinajstić information content (AvgIpc) is 3.50. The molecule has 2 atom stereocenters. The first kappa shape index (κ1) is 18.7. The van der Waals surface area contributed by atoms with E-state index in [2.05, 4.69) is 54.2 Å². The van der Waals surface area contributed by atoms with Crippen LogP contribution in [0.15, 0.2) is 30.3 Å². The van der Waals surface area contributed by atoms with Crippen LogP contribution in [0.2, 0.25) is 0 Å². The Kier molecular flexibility index (Phi) is 3.74. The van der Waals surface area contributed by atoms with E-state index < -0.39 is 0 Å². The lowest BCUT2D eigenvalue weighted by atomic mass is 9.70. The average molecular weight is 411 g/mol. The van der Waals surface area contributed by atoms with Crippen LogP contribution in [0.5, 0.6) is 0 Å². The minimum Gasteiger partial charge on any atom is -0.365 e. The quantitative estimate of drug-likeness (QED) is 0.669. The number of nitrogens with one attached hydrogen (secondary N) is 2. The summed E-state index contributed by atoms with van der Waals surface area (Å²) in [5, 5.41) is 13.8. The maximum atomic E-state index is 13.7. The summed E-state index contributed by atoms with van der Waals surface area (Å²) in [6, 6.07) is 13.3. The fourth-order valence-corrected chi connectivity index (χ4v) is 5.99. The lowest BCUT2D eigenvalue weighted by Gasteiger charge is -2.36. The molecule has 31 heavy (non-hydrogen) atoms. The maximum Gasteiger partial charge on any atom is 0.195 e. The minimum absolute atomic E-state index is 0.0890. The van der Waals surface area contributed by atoms with E-state index in [0.717, 1.165) is 52.8 Å². The fourth-order valence-electron chi connectivity index (χ4n) is 5.99. The number of anilines is 1. The van der Waals surface area contributed by atoms with E-state index >= 15 is 0 Å². The summed E-state index contributed by atoms with van der Waals surface area (Å²) in [6.07, 6.45) is 2.11. The molecule has 2 N–H and O–H groups in total. The molecule has 5 heteroatoms. The van der Waals surface area contributed by atoms with E-state index in [1.807, 2.05) is 12.1 Å². The molecule has 0 spiro atoms. The number of H-pyrrole nitrogens is 1. The highest BCUT2D eigenvalue weighted by Crippen LogP contribution is 2.46. The van der Waals surface area contributed by atoms with E-state index in [0.29, 0.717) is 17.6 Å². The van der Waals surface area contributed by atoms with Gasteiger partial charge in [-0.05, 0) is 48.2 Å². The van der Waals surface area contributed by atoms with Gasteiger partial charge in [-0.2, -0.15) is 5.26 Å². The van der Waals surface area contributed by atoms with Gasteiger partial charge in [0.15, 0.2) is 5.78 Å². The number of benzene rings is 2. The van der Waals surface area contributed by atoms with E-state index in [-0.39, 0.29) is 11.2 Å². The molecule has 3 aromatic rings. The number of piperazine rings is 1. The molecular formula is C26H26N4O. The van der Waals surface area contributed by atoms with Gasteiger partial charge in [0, 0.05) is 58.4 Å². The van der Waals surface area contributed by atoms with Crippen LogP contribution in [-0.2, 0) is 11.8 Å². The van der Waals surface area contributed by atoms with Gasteiger partial charge < -0.3 is 15.2 Å². The first-order chi connectivity index (χ1) is 14.9. The van der Waals surface area contributed by atoms with Crippen molar-refractivity contribution in [3.05, 3.63) is 63.8 Å². The third-order valence-electron chi connectivity index (χ3n) is 7.66. The van der Waals surface area contributed by atoms with E-state index in [1.54, 1.807) is 6.07 Å². The minimum atomic E-state index is -0.331. The second-order valence-electron chi connectivity index (χ2n) is 9.73. The third kappa shape index (κ3) is 2.43. The highest BCUT2D eigenvalue weighted by Gasteiger charge is 2.42. The van der Waals surface area contributed by atoms with Gasteiger partial charge in [0.25, 0.3) is 0 Å². The Hall–Kier alpha value is -3.10. The van der Waals surface area contributed by atoms with Crippen LogP contribution in [0, 0.1) is 11.3 Å². The molecule has 2 unspecified atom stereocenters. The Morgan fingerprint density at radius 3 is 2.77 bits per heavy atom. The molecule has 5 nitrogen and oxygen atoms in total. The topological polar surface area (TPSA) is 71.9 Å². The summed E-state index contributed by atoms with van der Waals surface area (Å²) >= 11 is 0. The fraction of sp³-hybridized carbons (Fsp3) is 0.385. The van der Waals surface area contributed by atoms with Gasteiger partial charge in [0.1, 0.15) is 0 Å². The summed E-state index contributed by atoms with van der Waals surface area (Å²) < 4.78 is 0. The number of nitrogens with zero attached hydrogens (tertiary/aromatic N) is 2. The predicted molar refractivity (Wildman–Crippen MR) is 122 cm³/mol. The first-order valence-corrected chi connectivity index (χ1v) is 11.2. The molecule has 1 aliphatic carbocycles. The second-order valence-corrected chi connectivity index (χ2v) is 9.73. The molecule has 2 saturated heterocycles. The Balaban J connectivity index is 1.56. The Morgan fingerprint density at radius 1 is 1.26 bits per heavy atom. The number of rotatable bonds is 2. The van der Waals surface area contributed by atoms with Crippen LogP contribution in [0.1, 0.15) is 65.5 Å². The number of ketones is 1. The molecule has 1 aromatic heterocycles. The molecule has 0 amide bonds. The van der Waals surface area contributed by atoms with E-state index in [4.69, 9.17) is 0 Å². The molecule has 3 heterocycles. The smallest absolute Gasteiger partial charge is 0.195 e. The van der Waals surface area contributed by atoms with Crippen molar-refractivity contribution in [3.63, 3.8) is 0 Å². The zero-order chi connectivity index (χ0) is 21.5. The van der Waals surface area contributed by atoms with Crippen molar-refractivity contribution in [2.45, 2.75) is 51.1 Å². The molecule has 2 fully saturated rings. The molecule has 0 radical (unpaired) electrons. The molecule has 6 rings (SSSR count). The predicted octanol–water partition coefficient (Wildman–Crippen LogP) is 4.02. The number of carbonyl (C=O) groups excluding carboxylic acids is 1. The highest BCUT2D eigenvalue weighted by molar-refractivity contribution is 6.20. The van der Waals surface area contributed by atoms with E-state index in [9.17, 15) is 10.1 Å². The van der Waals surface area contributed by atoms with Crippen LogP contribution in [-0.4, -0.2) is 35.9 Å². The Labute approximate surface area is 182 Å². The molecule has 2 bridgehead atoms. The van der Waals surface area contributed by atoms with Gasteiger partial charge in [-0.25, -0.2) is 0 Å². The van der Waals surface area contributed by atoms with Crippen molar-refractivity contribution in [3.8, 4) is 6.07 Å². The van der Waals surface area contributed by atoms with Crippen molar-refractivity contribution >= 4 is 22.4 Å². The summed E-state index contributed by atoms with van der Waals surface area (Å²) in [6.45, 7) is 8.66. The normalized spacial score (nSPS) is 23.2. The van der Waals surface area contributed by atoms with Gasteiger partial charge in [0.2, 0.25) is 0 Å². The van der Waals surface area contributed by atoms with Gasteiger partial charge in [0.05, 0.1) is 17.2 Å². The highest BCUT2D eigenvalue weighted by atomic mass is 16.1. The van der Waals surface area contributed by atoms with Gasteiger partial charge in [-0.3, -0.25) is 4.79 Å². The lowest BCUT2D eigenvalue weighted by molar-refractivity contribution is 0.103. The van der Waals surface area contributed by atoms with Crippen LogP contribution in [0.4, 0.5) is 5.69 Å². The first-order valence-electron chi connectivity index (χ1n) is 11.2. The molecule has 0 saturated carbocycles. The summed E-state index contributed by atoms with van der Waals surface area (Å²) in [5.74, 6) is 0.0890. The monoisotopic (exact) mass is 410 g/mol. The number of carbonyl (C=O) groups is 1. The molecule has 3 aliphatic rings. The Bertz CT molecular complexity index is 1310. The number of aryl methyl sites for hydroxylation is 1. The molecule has 156 valence electrons. The van der Waals surface area contributed by atoms with Gasteiger partial charge in [-0.15, -0.1) is 0 Å². The summed E-state index contributed by atoms with van der Waals surface area (Å²) in [7, 11) is 0. The number of hydrogen-bond donors (Lipinski definition) is 2. The van der Waals surface area contributed by atoms with Gasteiger partial charge >= 0.3 is 0 Å². The number of nitriles is 1. The van der Waals surface area contributed by atoms with Crippen LogP contribution < -0.4 is 10.2 Å². The Morgan fingerprint density at radius 2 is 2.10 bits per heavy atom. The number of fused-ring (bicyclic) bond motifs is 6. The van der Waals surface area contributed by atoms with Crippen LogP contribution in [0.25, 0.3) is 10.9 Å². The molecule has 2 aliphatic heterocycles. The number of aromatic nitrogens is 1. The van der Waals surface area contributed by atoms with Crippen molar-refractivity contribution in [2.75, 3.05) is 18.0 Å². The zero-order valence-corrected chi connectivity index (χ0v) is 18.2.